The van der Waals surface area contributed by atoms with E-state index in [9.17, 15) is 8.42 Å². The van der Waals surface area contributed by atoms with Gasteiger partial charge in [-0.05, 0) is 31.2 Å². The van der Waals surface area contributed by atoms with Crippen LogP contribution in [0.3, 0.4) is 0 Å². The number of hydrogen-bond acceptors (Lipinski definition) is 5. The Hall–Kier alpha value is -2.24. The lowest BCUT2D eigenvalue weighted by Crippen LogP contribution is -2.12. The number of sulfonamides is 1. The first-order chi connectivity index (χ1) is 8.43. The molecule has 0 aliphatic carbocycles. The van der Waals surface area contributed by atoms with Crippen LogP contribution in [0.4, 0.5) is 0 Å². The molecule has 0 radical (unpaired) electrons. The molecule has 0 bridgehead atoms. The van der Waals surface area contributed by atoms with Gasteiger partial charge in [0, 0.05) is 0 Å². The summed E-state index contributed by atoms with van der Waals surface area (Å²) in [6, 6.07) is 7.74. The van der Waals surface area contributed by atoms with Crippen molar-refractivity contribution in [3.63, 3.8) is 0 Å². The lowest BCUT2D eigenvalue weighted by molar-refractivity contribution is 0.598. The molecule has 0 saturated heterocycles. The fraction of sp³-hybridized carbons (Fsp3) is 0.100. The van der Waals surface area contributed by atoms with Crippen molar-refractivity contribution in [1.29, 1.82) is 5.26 Å². The smallest absolute Gasteiger partial charge is 0.225 e. The highest BCUT2D eigenvalue weighted by Crippen LogP contribution is 2.14. The lowest BCUT2D eigenvalue weighted by atomic mass is 10.3. The van der Waals surface area contributed by atoms with Crippen molar-refractivity contribution in [1.82, 2.24) is 15.0 Å². The van der Waals surface area contributed by atoms with Crippen LogP contribution in [0.1, 0.15) is 11.4 Å². The summed E-state index contributed by atoms with van der Waals surface area (Å²) in [5.41, 5.74) is 1.42. The minimum atomic E-state index is -3.71. The summed E-state index contributed by atoms with van der Waals surface area (Å²) in [6.07, 6.45) is 0. The molecule has 1 aromatic carbocycles. The van der Waals surface area contributed by atoms with Gasteiger partial charge in [0.05, 0.1) is 16.3 Å². The Morgan fingerprint density at radius 3 is 2.39 bits per heavy atom. The molecule has 0 saturated carbocycles. The summed E-state index contributed by atoms with van der Waals surface area (Å²) >= 11 is 0. The highest BCUT2D eigenvalue weighted by Gasteiger charge is 2.11. The predicted octanol–water partition coefficient (Wildman–Crippen LogP) is 0.0948. The molecule has 0 aliphatic rings. The summed E-state index contributed by atoms with van der Waals surface area (Å²) in [6.45, 7) is 1.70. The quantitative estimate of drug-likeness (QED) is 0.824. The molecule has 0 amide bonds. The molecule has 0 atom stereocenters. The molecule has 7 nitrogen and oxygen atoms in total. The molecular formula is C10H9N5O2S. The highest BCUT2D eigenvalue weighted by atomic mass is 32.2. The number of primary sulfonamides is 1. The Kier molecular flexibility index (Phi) is 2.86. The van der Waals surface area contributed by atoms with E-state index >= 15 is 0 Å². The van der Waals surface area contributed by atoms with E-state index in [0.29, 0.717) is 11.4 Å². The minimum absolute atomic E-state index is 0.0181. The maximum Gasteiger partial charge on any atom is 0.238 e. The molecule has 18 heavy (non-hydrogen) atoms. The molecule has 0 spiro atoms. The molecule has 1 aromatic heterocycles. The number of benzene rings is 1. The van der Waals surface area contributed by atoms with Crippen LogP contribution < -0.4 is 5.14 Å². The van der Waals surface area contributed by atoms with Gasteiger partial charge in [0.15, 0.2) is 5.69 Å². The third-order valence-corrected chi connectivity index (χ3v) is 3.34. The number of hydrogen-bond donors (Lipinski definition) is 1. The minimum Gasteiger partial charge on any atom is -0.225 e. The van der Waals surface area contributed by atoms with E-state index < -0.39 is 10.0 Å². The average Bonchev–Trinajstić information content (AvgIpc) is 2.69. The molecule has 8 heteroatoms. The van der Waals surface area contributed by atoms with Crippen LogP contribution in [0.15, 0.2) is 29.2 Å². The van der Waals surface area contributed by atoms with E-state index in [1.54, 1.807) is 19.1 Å². The topological polar surface area (TPSA) is 115 Å². The number of aromatic nitrogens is 3. The number of rotatable bonds is 2. The van der Waals surface area contributed by atoms with Crippen LogP contribution in [-0.2, 0) is 10.0 Å². The van der Waals surface area contributed by atoms with Gasteiger partial charge >= 0.3 is 0 Å². The summed E-state index contributed by atoms with van der Waals surface area (Å²) < 4.78 is 23.6. The van der Waals surface area contributed by atoms with E-state index in [1.807, 2.05) is 6.07 Å². The van der Waals surface area contributed by atoms with Crippen molar-refractivity contribution in [2.24, 2.45) is 5.14 Å². The first kappa shape index (κ1) is 12.2. The zero-order chi connectivity index (χ0) is 13.3. The zero-order valence-electron chi connectivity index (χ0n) is 9.40. The summed E-state index contributed by atoms with van der Waals surface area (Å²) in [5.74, 6) is 0. The first-order valence-electron chi connectivity index (χ1n) is 4.89. The van der Waals surface area contributed by atoms with Crippen LogP contribution in [0, 0.1) is 18.3 Å². The maximum absolute atomic E-state index is 11.1. The van der Waals surface area contributed by atoms with Crippen molar-refractivity contribution in [2.75, 3.05) is 0 Å². The van der Waals surface area contributed by atoms with E-state index in [-0.39, 0.29) is 10.6 Å². The first-order valence-corrected chi connectivity index (χ1v) is 6.44. The van der Waals surface area contributed by atoms with E-state index in [4.69, 9.17) is 10.4 Å². The molecule has 0 aliphatic heterocycles. The van der Waals surface area contributed by atoms with E-state index in [2.05, 4.69) is 10.3 Å². The maximum atomic E-state index is 11.1. The van der Waals surface area contributed by atoms with Crippen molar-refractivity contribution >= 4 is 10.0 Å². The summed E-state index contributed by atoms with van der Waals surface area (Å²) in [5, 5.41) is 21.3. The van der Waals surface area contributed by atoms with Gasteiger partial charge in [-0.15, -0.1) is 5.10 Å². The third-order valence-electron chi connectivity index (χ3n) is 2.41. The Labute approximate surface area is 104 Å². The SMILES string of the molecule is Cc1c(C#N)nnn1-c1ccc(S(N)(=O)=O)cc1. The Morgan fingerprint density at radius 1 is 1.33 bits per heavy atom. The van der Waals surface area contributed by atoms with Crippen molar-refractivity contribution in [3.8, 4) is 11.8 Å². The lowest BCUT2D eigenvalue weighted by Gasteiger charge is -2.03. The van der Waals surface area contributed by atoms with Gasteiger partial charge in [0.1, 0.15) is 6.07 Å². The third kappa shape index (κ3) is 2.09. The highest BCUT2D eigenvalue weighted by molar-refractivity contribution is 7.89. The average molecular weight is 263 g/mol. The molecule has 2 aromatic rings. The van der Waals surface area contributed by atoms with Gasteiger partial charge in [0.25, 0.3) is 0 Å². The number of nitrogens with zero attached hydrogens (tertiary/aromatic N) is 4. The predicted molar refractivity (Wildman–Crippen MR) is 62.2 cm³/mol. The van der Waals surface area contributed by atoms with Gasteiger partial charge in [-0.2, -0.15) is 5.26 Å². The summed E-state index contributed by atoms with van der Waals surface area (Å²) in [7, 11) is -3.71. The second-order valence-corrected chi connectivity index (χ2v) is 5.15. The standard InChI is InChI=1S/C10H9N5O2S/c1-7-10(6-11)13-14-15(7)8-2-4-9(5-3-8)18(12,16)17/h2-5H,1H3,(H2,12,16,17). The number of nitriles is 1. The van der Waals surface area contributed by atoms with Gasteiger partial charge in [-0.25, -0.2) is 18.2 Å². The second kappa shape index (κ2) is 4.21. The van der Waals surface area contributed by atoms with Crippen LogP contribution in [0.25, 0.3) is 5.69 Å². The molecule has 2 N–H and O–H groups in total. The zero-order valence-corrected chi connectivity index (χ0v) is 10.2. The van der Waals surface area contributed by atoms with Crippen LogP contribution in [0.5, 0.6) is 0 Å². The van der Waals surface area contributed by atoms with Gasteiger partial charge in [-0.1, -0.05) is 5.21 Å². The molecular weight excluding hydrogens is 254 g/mol. The van der Waals surface area contributed by atoms with E-state index in [1.165, 1.54) is 16.8 Å². The Morgan fingerprint density at radius 2 is 1.94 bits per heavy atom. The molecule has 0 unspecified atom stereocenters. The fourth-order valence-corrected chi connectivity index (χ4v) is 1.97. The largest absolute Gasteiger partial charge is 0.238 e. The van der Waals surface area contributed by atoms with Crippen molar-refractivity contribution in [2.45, 2.75) is 11.8 Å². The van der Waals surface area contributed by atoms with Crippen molar-refractivity contribution in [3.05, 3.63) is 35.7 Å². The van der Waals surface area contributed by atoms with Crippen LogP contribution in [0.2, 0.25) is 0 Å². The molecule has 2 rings (SSSR count). The van der Waals surface area contributed by atoms with Gasteiger partial charge in [0.2, 0.25) is 10.0 Å². The monoisotopic (exact) mass is 263 g/mol. The van der Waals surface area contributed by atoms with Crippen molar-refractivity contribution < 1.29 is 8.42 Å². The van der Waals surface area contributed by atoms with E-state index in [0.717, 1.165) is 0 Å². The van der Waals surface area contributed by atoms with Crippen LogP contribution in [-0.4, -0.2) is 23.4 Å². The van der Waals surface area contributed by atoms with Gasteiger partial charge in [-0.3, -0.25) is 0 Å². The fourth-order valence-electron chi connectivity index (χ4n) is 1.45. The van der Waals surface area contributed by atoms with Gasteiger partial charge < -0.3 is 0 Å². The molecule has 0 fully saturated rings. The Bertz CT molecular complexity index is 725. The Balaban J connectivity index is 2.48. The normalized spacial score (nSPS) is 11.2. The summed E-state index contributed by atoms with van der Waals surface area (Å²) in [4.78, 5) is 0.0181. The number of nitrogens with two attached hydrogens (primary N) is 1. The molecule has 92 valence electrons. The van der Waals surface area contributed by atoms with Crippen LogP contribution >= 0.6 is 0 Å². The molecule has 1 heterocycles. The second-order valence-electron chi connectivity index (χ2n) is 3.59.